The number of hydrogen-bond acceptors (Lipinski definition) is 4. The molecule has 1 aliphatic heterocycles. The molecule has 2 aromatic carbocycles. The largest absolute Gasteiger partial charge is 0.490 e. The van der Waals surface area contributed by atoms with Gasteiger partial charge in [-0.05, 0) is 37.3 Å². The van der Waals surface area contributed by atoms with Gasteiger partial charge in [0.25, 0.3) is 10.1 Å². The van der Waals surface area contributed by atoms with Crippen LogP contribution in [0.5, 0.6) is 5.75 Å². The van der Waals surface area contributed by atoms with Crippen LogP contribution in [0.1, 0.15) is 11.1 Å². The average molecular weight is 421 g/mol. The van der Waals surface area contributed by atoms with Crippen LogP contribution >= 0.6 is 0 Å². The molecule has 0 aliphatic carbocycles. The van der Waals surface area contributed by atoms with E-state index < -0.39 is 27.7 Å². The smallest absolute Gasteiger partial charge is 0.416 e. The third-order valence-corrected chi connectivity index (χ3v) is 4.79. The number of benzene rings is 2. The predicted octanol–water partition coefficient (Wildman–Crippen LogP) is 3.68. The highest BCUT2D eigenvalue weighted by molar-refractivity contribution is 7.85. The van der Waals surface area contributed by atoms with E-state index in [4.69, 9.17) is 9.29 Å². The third kappa shape index (κ3) is 6.47. The van der Waals surface area contributed by atoms with Crippen LogP contribution < -0.4 is 10.1 Å². The molecule has 0 radical (unpaired) electrons. The third-order valence-electron chi connectivity index (χ3n) is 3.92. The zero-order valence-corrected chi connectivity index (χ0v) is 15.6. The Hall–Kier alpha value is -2.17. The van der Waals surface area contributed by atoms with E-state index in [1.165, 1.54) is 12.1 Å². The Morgan fingerprint density at radius 1 is 1.14 bits per heavy atom. The van der Waals surface area contributed by atoms with Gasteiger partial charge in [0, 0.05) is 19.0 Å². The van der Waals surface area contributed by atoms with Crippen molar-refractivity contribution < 1.29 is 35.3 Å². The van der Waals surface area contributed by atoms with Gasteiger partial charge in [0.1, 0.15) is 0 Å². The van der Waals surface area contributed by atoms with Gasteiger partial charge in [0.15, 0.2) is 11.6 Å². The van der Waals surface area contributed by atoms with Crippen molar-refractivity contribution in [2.24, 2.45) is 5.92 Å². The van der Waals surface area contributed by atoms with Crippen LogP contribution in [-0.2, 0) is 16.3 Å². The predicted molar refractivity (Wildman–Crippen MR) is 94.3 cm³/mol. The fourth-order valence-corrected chi connectivity index (χ4v) is 2.66. The maximum absolute atomic E-state index is 13.3. The van der Waals surface area contributed by atoms with Crippen molar-refractivity contribution in [3.05, 3.63) is 59.4 Å². The van der Waals surface area contributed by atoms with E-state index in [1.54, 1.807) is 12.1 Å². The van der Waals surface area contributed by atoms with E-state index in [2.05, 4.69) is 5.32 Å². The average Bonchev–Trinajstić information content (AvgIpc) is 2.54. The van der Waals surface area contributed by atoms with Gasteiger partial charge < -0.3 is 10.1 Å². The summed E-state index contributed by atoms with van der Waals surface area (Å²) in [5.74, 6) is -0.811. The normalized spacial score (nSPS) is 14.6. The second kappa shape index (κ2) is 8.89. The lowest BCUT2D eigenvalue weighted by Crippen LogP contribution is -2.45. The van der Waals surface area contributed by atoms with Crippen molar-refractivity contribution in [2.75, 3.05) is 19.7 Å². The first-order chi connectivity index (χ1) is 13.0. The van der Waals surface area contributed by atoms with Crippen LogP contribution in [0.15, 0.2) is 47.4 Å². The second-order valence-electron chi connectivity index (χ2n) is 6.27. The number of rotatable bonds is 4. The fourth-order valence-electron chi connectivity index (χ4n) is 2.18. The summed E-state index contributed by atoms with van der Waals surface area (Å²) in [5, 5.41) is 3.02. The summed E-state index contributed by atoms with van der Waals surface area (Å²) in [7, 11) is -4.02. The molecule has 1 saturated heterocycles. The summed E-state index contributed by atoms with van der Waals surface area (Å²) >= 11 is 0. The molecule has 154 valence electrons. The van der Waals surface area contributed by atoms with Crippen molar-refractivity contribution in [3.8, 4) is 5.75 Å². The highest BCUT2D eigenvalue weighted by Gasteiger charge is 2.31. The van der Waals surface area contributed by atoms with Crippen LogP contribution in [0, 0.1) is 18.7 Å². The second-order valence-corrected chi connectivity index (χ2v) is 7.69. The summed E-state index contributed by atoms with van der Waals surface area (Å²) in [4.78, 5) is -0.0666. The minimum atomic E-state index is -4.53. The highest BCUT2D eigenvalue weighted by Crippen LogP contribution is 2.32. The first-order valence-electron chi connectivity index (χ1n) is 8.21. The van der Waals surface area contributed by atoms with E-state index in [0.717, 1.165) is 30.8 Å². The van der Waals surface area contributed by atoms with Gasteiger partial charge >= 0.3 is 6.18 Å². The number of aryl methyl sites for hydroxylation is 1. The Labute approximate surface area is 160 Å². The topological polar surface area (TPSA) is 75.6 Å². The summed E-state index contributed by atoms with van der Waals surface area (Å²) in [6.45, 7) is 3.74. The summed E-state index contributed by atoms with van der Waals surface area (Å²) in [5.41, 5.74) is -0.0509. The number of nitrogens with one attached hydrogen (secondary N) is 1. The van der Waals surface area contributed by atoms with E-state index in [-0.39, 0.29) is 10.6 Å². The van der Waals surface area contributed by atoms with Crippen LogP contribution in [0.25, 0.3) is 0 Å². The van der Waals surface area contributed by atoms with Crippen molar-refractivity contribution >= 4 is 10.1 Å². The van der Waals surface area contributed by atoms with Gasteiger partial charge in [-0.1, -0.05) is 17.7 Å². The van der Waals surface area contributed by atoms with Gasteiger partial charge in [0.2, 0.25) is 0 Å². The molecule has 2 N–H and O–H groups in total. The molecule has 1 heterocycles. The van der Waals surface area contributed by atoms with Crippen molar-refractivity contribution in [1.82, 2.24) is 5.32 Å². The lowest BCUT2D eigenvalue weighted by atomic mass is 10.1. The SMILES string of the molecule is Cc1ccc(S(=O)(=O)O)cc1.Fc1cc(C(F)(F)F)ccc1OCC1CNC1. The molecule has 1 aliphatic rings. The summed E-state index contributed by atoms with van der Waals surface area (Å²) < 4.78 is 84.8. The lowest BCUT2D eigenvalue weighted by molar-refractivity contribution is -0.137. The Balaban J connectivity index is 0.000000221. The Bertz CT molecular complexity index is 895. The molecule has 5 nitrogen and oxygen atoms in total. The summed E-state index contributed by atoms with van der Waals surface area (Å²) in [6, 6.07) is 8.28. The van der Waals surface area contributed by atoms with Gasteiger partial charge in [-0.25, -0.2) is 4.39 Å². The maximum Gasteiger partial charge on any atom is 0.416 e. The standard InChI is InChI=1S/C11H11F4NO.C7H8O3S/c12-9-3-8(11(13,14)15)1-2-10(9)17-6-7-4-16-5-7;1-6-2-4-7(5-3-6)11(8,9)10/h1-3,7,16H,4-6H2;2-5H,1H3,(H,8,9,10). The summed E-state index contributed by atoms with van der Waals surface area (Å²) in [6.07, 6.45) is -4.53. The van der Waals surface area contributed by atoms with Gasteiger partial charge in [0.05, 0.1) is 17.1 Å². The number of halogens is 4. The Kier molecular flexibility index (Phi) is 7.02. The molecule has 3 rings (SSSR count). The number of hydrogen-bond donors (Lipinski definition) is 2. The lowest BCUT2D eigenvalue weighted by Gasteiger charge is -2.26. The monoisotopic (exact) mass is 421 g/mol. The number of alkyl halides is 3. The zero-order chi connectivity index (χ0) is 20.9. The van der Waals surface area contributed by atoms with Crippen molar-refractivity contribution in [3.63, 3.8) is 0 Å². The number of ether oxygens (including phenoxy) is 1. The van der Waals surface area contributed by atoms with Crippen molar-refractivity contribution in [1.29, 1.82) is 0 Å². The fraction of sp³-hybridized carbons (Fsp3) is 0.333. The van der Waals surface area contributed by atoms with Crippen LogP contribution in [0.3, 0.4) is 0 Å². The quantitative estimate of drug-likeness (QED) is 0.582. The van der Waals surface area contributed by atoms with E-state index in [1.807, 2.05) is 6.92 Å². The van der Waals surface area contributed by atoms with Crippen LogP contribution in [-0.4, -0.2) is 32.7 Å². The maximum atomic E-state index is 13.3. The minimum Gasteiger partial charge on any atom is -0.490 e. The zero-order valence-electron chi connectivity index (χ0n) is 14.8. The van der Waals surface area contributed by atoms with E-state index >= 15 is 0 Å². The molecule has 0 atom stereocenters. The Morgan fingerprint density at radius 3 is 2.18 bits per heavy atom. The molecule has 28 heavy (non-hydrogen) atoms. The first kappa shape index (κ1) is 22.1. The van der Waals surface area contributed by atoms with Gasteiger partial charge in [-0.2, -0.15) is 21.6 Å². The molecular weight excluding hydrogens is 402 g/mol. The minimum absolute atomic E-state index is 0.0666. The van der Waals surface area contributed by atoms with Gasteiger partial charge in [-0.3, -0.25) is 4.55 Å². The molecule has 0 bridgehead atoms. The molecule has 2 aromatic rings. The molecule has 0 saturated carbocycles. The molecular formula is C18H19F4NO4S. The highest BCUT2D eigenvalue weighted by atomic mass is 32.2. The van der Waals surface area contributed by atoms with Gasteiger partial charge in [-0.15, -0.1) is 0 Å². The molecule has 0 spiro atoms. The molecule has 0 unspecified atom stereocenters. The molecule has 10 heteroatoms. The molecule has 0 aromatic heterocycles. The van der Waals surface area contributed by atoms with Crippen LogP contribution in [0.4, 0.5) is 17.6 Å². The van der Waals surface area contributed by atoms with Crippen molar-refractivity contribution in [2.45, 2.75) is 18.0 Å². The van der Waals surface area contributed by atoms with E-state index in [0.29, 0.717) is 18.6 Å². The van der Waals surface area contributed by atoms with Crippen LogP contribution in [0.2, 0.25) is 0 Å². The Morgan fingerprint density at radius 2 is 1.75 bits per heavy atom. The molecule has 1 fully saturated rings. The van der Waals surface area contributed by atoms with E-state index in [9.17, 15) is 26.0 Å². The first-order valence-corrected chi connectivity index (χ1v) is 9.65. The molecule has 0 amide bonds.